The molecule has 1 unspecified atom stereocenters. The fourth-order valence-corrected chi connectivity index (χ4v) is 0.976. The SMILES string of the molecule is CCCOP(=O)(O)CC.[Co]. The van der Waals surface area contributed by atoms with E-state index in [4.69, 9.17) is 4.89 Å². The van der Waals surface area contributed by atoms with Gasteiger partial charge in [-0.2, -0.15) is 0 Å². The molecule has 0 bridgehead atoms. The fourth-order valence-electron chi connectivity index (χ4n) is 0.325. The summed E-state index contributed by atoms with van der Waals surface area (Å²) in [7, 11) is -3.19. The molecular formula is C5H13CoO3P. The fraction of sp³-hybridized carbons (Fsp3) is 1.00. The van der Waals surface area contributed by atoms with Gasteiger partial charge in [-0.25, -0.2) is 0 Å². The summed E-state index contributed by atoms with van der Waals surface area (Å²) in [4.78, 5) is 8.79. The molecule has 65 valence electrons. The molecule has 0 fully saturated rings. The second kappa shape index (κ2) is 6.37. The predicted molar refractivity (Wildman–Crippen MR) is 36.6 cm³/mol. The zero-order chi connectivity index (χ0) is 7.33. The Balaban J connectivity index is 0. The maximum atomic E-state index is 10.7. The van der Waals surface area contributed by atoms with Crippen LogP contribution in [0.5, 0.6) is 0 Å². The van der Waals surface area contributed by atoms with Crippen molar-refractivity contribution in [3.8, 4) is 0 Å². The summed E-state index contributed by atoms with van der Waals surface area (Å²) in [6.45, 7) is 3.91. The van der Waals surface area contributed by atoms with Crippen molar-refractivity contribution in [3.05, 3.63) is 0 Å². The molecule has 5 heteroatoms. The van der Waals surface area contributed by atoms with Gasteiger partial charge in [-0.3, -0.25) is 4.57 Å². The summed E-state index contributed by atoms with van der Waals surface area (Å²) in [5, 5.41) is 0. The van der Waals surface area contributed by atoms with Gasteiger partial charge in [-0.05, 0) is 6.42 Å². The third kappa shape index (κ3) is 6.77. The van der Waals surface area contributed by atoms with Crippen LogP contribution in [0.3, 0.4) is 0 Å². The van der Waals surface area contributed by atoms with Gasteiger partial charge in [0.05, 0.1) is 6.61 Å². The van der Waals surface area contributed by atoms with E-state index in [0.717, 1.165) is 6.42 Å². The first-order valence-corrected chi connectivity index (χ1v) is 4.85. The molecule has 0 aromatic rings. The Kier molecular flexibility index (Phi) is 8.45. The van der Waals surface area contributed by atoms with Crippen LogP contribution < -0.4 is 0 Å². The third-order valence-corrected chi connectivity index (χ3v) is 2.28. The van der Waals surface area contributed by atoms with Crippen molar-refractivity contribution in [1.82, 2.24) is 0 Å². The van der Waals surface area contributed by atoms with Crippen molar-refractivity contribution in [2.75, 3.05) is 12.8 Å². The van der Waals surface area contributed by atoms with Crippen molar-refractivity contribution >= 4 is 7.60 Å². The number of hydrogen-bond acceptors (Lipinski definition) is 2. The molecule has 1 radical (unpaired) electrons. The van der Waals surface area contributed by atoms with E-state index in [1.54, 1.807) is 6.92 Å². The molecule has 0 aliphatic carbocycles. The van der Waals surface area contributed by atoms with E-state index in [-0.39, 0.29) is 22.9 Å². The normalized spacial score (nSPS) is 15.5. The van der Waals surface area contributed by atoms with Gasteiger partial charge >= 0.3 is 7.60 Å². The average Bonchev–Trinajstić information content (AvgIpc) is 1.84. The monoisotopic (exact) mass is 211 g/mol. The largest absolute Gasteiger partial charge is 0.327 e. The topological polar surface area (TPSA) is 46.5 Å². The second-order valence-corrected chi connectivity index (χ2v) is 3.95. The zero-order valence-corrected chi connectivity index (χ0v) is 8.10. The zero-order valence-electron chi connectivity index (χ0n) is 6.17. The van der Waals surface area contributed by atoms with Crippen LogP contribution in [0.4, 0.5) is 0 Å². The Morgan fingerprint density at radius 3 is 2.30 bits per heavy atom. The second-order valence-electron chi connectivity index (χ2n) is 1.79. The average molecular weight is 211 g/mol. The van der Waals surface area contributed by atoms with Crippen LogP contribution >= 0.6 is 7.60 Å². The van der Waals surface area contributed by atoms with Crippen LogP contribution in [-0.2, 0) is 25.9 Å². The molecule has 0 heterocycles. The summed E-state index contributed by atoms with van der Waals surface area (Å²) in [5.74, 6) is 0. The minimum absolute atomic E-state index is 0. The molecule has 0 amide bonds. The van der Waals surface area contributed by atoms with E-state index in [0.29, 0.717) is 6.61 Å². The van der Waals surface area contributed by atoms with Crippen molar-refractivity contribution in [3.63, 3.8) is 0 Å². The van der Waals surface area contributed by atoms with Crippen molar-refractivity contribution < 1.29 is 30.8 Å². The van der Waals surface area contributed by atoms with Gasteiger partial charge in [0.1, 0.15) is 0 Å². The first kappa shape index (κ1) is 13.3. The summed E-state index contributed by atoms with van der Waals surface area (Å²) in [6.07, 6.45) is 0.984. The van der Waals surface area contributed by atoms with Gasteiger partial charge in [-0.1, -0.05) is 13.8 Å². The van der Waals surface area contributed by atoms with Crippen LogP contribution in [0, 0.1) is 0 Å². The smallest absolute Gasteiger partial charge is 0.324 e. The van der Waals surface area contributed by atoms with E-state index >= 15 is 0 Å². The molecule has 0 spiro atoms. The summed E-state index contributed by atoms with van der Waals surface area (Å²) >= 11 is 0. The van der Waals surface area contributed by atoms with Crippen LogP contribution in [-0.4, -0.2) is 17.7 Å². The molecule has 1 atom stereocenters. The van der Waals surface area contributed by atoms with Gasteiger partial charge in [0.2, 0.25) is 0 Å². The maximum Gasteiger partial charge on any atom is 0.327 e. The van der Waals surface area contributed by atoms with Gasteiger partial charge < -0.3 is 9.42 Å². The molecule has 0 saturated carbocycles. The van der Waals surface area contributed by atoms with Crippen LogP contribution in [0.15, 0.2) is 0 Å². The van der Waals surface area contributed by atoms with E-state index < -0.39 is 7.60 Å². The minimum atomic E-state index is -3.19. The minimum Gasteiger partial charge on any atom is -0.324 e. The Morgan fingerprint density at radius 2 is 2.00 bits per heavy atom. The Bertz CT molecular complexity index is 117. The van der Waals surface area contributed by atoms with E-state index in [1.165, 1.54) is 0 Å². The quantitative estimate of drug-likeness (QED) is 0.718. The molecule has 1 N–H and O–H groups in total. The summed E-state index contributed by atoms with van der Waals surface area (Å²) < 4.78 is 15.3. The van der Waals surface area contributed by atoms with Gasteiger partial charge in [0, 0.05) is 22.9 Å². The van der Waals surface area contributed by atoms with Crippen LogP contribution in [0.2, 0.25) is 0 Å². The molecule has 0 aromatic heterocycles. The molecular weight excluding hydrogens is 198 g/mol. The number of rotatable bonds is 4. The number of hydrogen-bond donors (Lipinski definition) is 1. The van der Waals surface area contributed by atoms with E-state index in [9.17, 15) is 4.57 Å². The standard InChI is InChI=1S/C5H13O3P.Co/c1-3-5-8-9(6,7)4-2;/h3-5H2,1-2H3,(H,6,7);. The molecule has 0 rings (SSSR count). The van der Waals surface area contributed by atoms with E-state index in [2.05, 4.69) is 4.52 Å². The van der Waals surface area contributed by atoms with E-state index in [1.807, 2.05) is 6.92 Å². The van der Waals surface area contributed by atoms with Gasteiger partial charge in [-0.15, -0.1) is 0 Å². The molecule has 0 aliphatic rings. The van der Waals surface area contributed by atoms with Gasteiger partial charge in [0.15, 0.2) is 0 Å². The molecule has 0 aliphatic heterocycles. The first-order valence-electron chi connectivity index (χ1n) is 3.08. The molecule has 0 aromatic carbocycles. The van der Waals surface area contributed by atoms with Crippen molar-refractivity contribution in [1.29, 1.82) is 0 Å². The van der Waals surface area contributed by atoms with Gasteiger partial charge in [0.25, 0.3) is 0 Å². The first-order chi connectivity index (χ1) is 4.12. The molecule has 10 heavy (non-hydrogen) atoms. The molecule has 3 nitrogen and oxygen atoms in total. The van der Waals surface area contributed by atoms with Crippen LogP contribution in [0.25, 0.3) is 0 Å². The van der Waals surface area contributed by atoms with Crippen molar-refractivity contribution in [2.45, 2.75) is 20.3 Å². The van der Waals surface area contributed by atoms with Crippen molar-refractivity contribution in [2.24, 2.45) is 0 Å². The van der Waals surface area contributed by atoms with Crippen LogP contribution in [0.1, 0.15) is 20.3 Å². The summed E-state index contributed by atoms with van der Waals surface area (Å²) in [6, 6.07) is 0. The predicted octanol–water partition coefficient (Wildman–Crippen LogP) is 1.62. The summed E-state index contributed by atoms with van der Waals surface area (Å²) in [5.41, 5.74) is 0. The molecule has 0 saturated heterocycles. The third-order valence-electron chi connectivity index (χ3n) is 0.897. The Labute approximate surface area is 71.9 Å². The Hall–Kier alpha value is 0.656. The maximum absolute atomic E-state index is 10.7. The Morgan fingerprint density at radius 1 is 1.50 bits per heavy atom.